The molecule has 25 heavy (non-hydrogen) atoms. The minimum atomic E-state index is -4.74. The van der Waals surface area contributed by atoms with Gasteiger partial charge in [-0.2, -0.15) is 13.2 Å². The fraction of sp³-hybridized carbons (Fsp3) is 0.0588. The van der Waals surface area contributed by atoms with E-state index in [1.165, 1.54) is 12.1 Å². The molecule has 0 aliphatic carbocycles. The van der Waals surface area contributed by atoms with Gasteiger partial charge >= 0.3 is 6.18 Å². The van der Waals surface area contributed by atoms with Gasteiger partial charge < -0.3 is 0 Å². The Hall–Kier alpha value is -1.89. The number of rotatable bonds is 3. The van der Waals surface area contributed by atoms with E-state index in [1.54, 1.807) is 18.3 Å². The summed E-state index contributed by atoms with van der Waals surface area (Å²) in [6, 6.07) is 8.50. The zero-order valence-corrected chi connectivity index (χ0v) is 14.6. The van der Waals surface area contributed by atoms with Crippen LogP contribution in [0, 0.1) is 0 Å². The lowest BCUT2D eigenvalue weighted by Gasteiger charge is -2.12. The van der Waals surface area contributed by atoms with E-state index in [1.807, 2.05) is 0 Å². The van der Waals surface area contributed by atoms with Crippen molar-refractivity contribution in [2.24, 2.45) is 0 Å². The van der Waals surface area contributed by atoms with E-state index in [4.69, 9.17) is 23.2 Å². The SMILES string of the molecule is O=C(/C=C(\c1cc(Cl)cc(Cl)c1)C(F)(F)F)c1cc2cccnc2s1. The van der Waals surface area contributed by atoms with Gasteiger partial charge in [0.25, 0.3) is 0 Å². The van der Waals surface area contributed by atoms with Crippen LogP contribution in [0.2, 0.25) is 10.0 Å². The molecule has 0 radical (unpaired) electrons. The minimum absolute atomic E-state index is 0.0520. The number of halogens is 5. The summed E-state index contributed by atoms with van der Waals surface area (Å²) in [5.74, 6) is -0.758. The van der Waals surface area contributed by atoms with Crippen molar-refractivity contribution in [1.82, 2.24) is 4.98 Å². The van der Waals surface area contributed by atoms with E-state index < -0.39 is 17.5 Å². The first-order chi connectivity index (χ1) is 11.7. The summed E-state index contributed by atoms with van der Waals surface area (Å²) in [5.41, 5.74) is -1.37. The monoisotopic (exact) mass is 401 g/mol. The number of allylic oxidation sites excluding steroid dienone is 2. The summed E-state index contributed by atoms with van der Waals surface area (Å²) in [6.07, 6.45) is -2.62. The predicted octanol–water partition coefficient (Wildman–Crippen LogP) is 6.43. The van der Waals surface area contributed by atoms with Gasteiger partial charge in [0.1, 0.15) is 4.83 Å². The van der Waals surface area contributed by atoms with E-state index >= 15 is 0 Å². The normalized spacial score (nSPS) is 12.6. The fourth-order valence-electron chi connectivity index (χ4n) is 2.24. The highest BCUT2D eigenvalue weighted by atomic mass is 35.5. The molecule has 0 saturated heterocycles. The summed E-state index contributed by atoms with van der Waals surface area (Å²) in [4.78, 5) is 17.2. The van der Waals surface area contributed by atoms with Crippen LogP contribution >= 0.6 is 34.5 Å². The Bertz CT molecular complexity index is 942. The largest absolute Gasteiger partial charge is 0.417 e. The summed E-state index contributed by atoms with van der Waals surface area (Å²) < 4.78 is 40.3. The third-order valence-corrected chi connectivity index (χ3v) is 4.80. The van der Waals surface area contributed by atoms with Crippen molar-refractivity contribution in [2.45, 2.75) is 6.18 Å². The van der Waals surface area contributed by atoms with Crippen molar-refractivity contribution < 1.29 is 18.0 Å². The van der Waals surface area contributed by atoms with Crippen molar-refractivity contribution in [1.29, 1.82) is 0 Å². The number of carbonyl (C=O) groups is 1. The lowest BCUT2D eigenvalue weighted by Crippen LogP contribution is -2.12. The van der Waals surface area contributed by atoms with Crippen molar-refractivity contribution in [3.63, 3.8) is 0 Å². The van der Waals surface area contributed by atoms with Crippen LogP contribution in [0.1, 0.15) is 15.2 Å². The smallest absolute Gasteiger partial charge is 0.288 e. The highest BCUT2D eigenvalue weighted by molar-refractivity contribution is 7.20. The molecule has 2 heterocycles. The molecule has 2 nitrogen and oxygen atoms in total. The maximum Gasteiger partial charge on any atom is 0.417 e. The van der Waals surface area contributed by atoms with Gasteiger partial charge in [-0.3, -0.25) is 4.79 Å². The van der Waals surface area contributed by atoms with Crippen molar-refractivity contribution in [3.8, 4) is 0 Å². The van der Waals surface area contributed by atoms with Gasteiger partial charge in [-0.25, -0.2) is 4.98 Å². The molecule has 0 amide bonds. The summed E-state index contributed by atoms with van der Waals surface area (Å²) in [6.45, 7) is 0. The molecule has 0 aliphatic heterocycles. The second-order valence-corrected chi connectivity index (χ2v) is 6.99. The number of benzene rings is 1. The zero-order chi connectivity index (χ0) is 18.2. The molecule has 0 aliphatic rings. The second-order valence-electron chi connectivity index (χ2n) is 5.09. The van der Waals surface area contributed by atoms with Crippen LogP contribution in [0.4, 0.5) is 13.2 Å². The van der Waals surface area contributed by atoms with E-state index in [2.05, 4.69) is 4.98 Å². The number of fused-ring (bicyclic) bond motifs is 1. The average molecular weight is 402 g/mol. The van der Waals surface area contributed by atoms with Crippen LogP contribution in [-0.2, 0) is 0 Å². The first-order valence-corrected chi connectivity index (χ1v) is 8.45. The van der Waals surface area contributed by atoms with Gasteiger partial charge in [0, 0.05) is 21.6 Å². The number of alkyl halides is 3. The van der Waals surface area contributed by atoms with Crippen molar-refractivity contribution in [2.75, 3.05) is 0 Å². The van der Waals surface area contributed by atoms with Crippen molar-refractivity contribution >= 4 is 56.1 Å². The Morgan fingerprint density at radius 2 is 1.80 bits per heavy atom. The quantitative estimate of drug-likeness (QED) is 0.373. The molecular weight excluding hydrogens is 394 g/mol. The number of carbonyl (C=O) groups excluding carboxylic acids is 1. The topological polar surface area (TPSA) is 30.0 Å². The Kier molecular flexibility index (Phi) is 4.86. The van der Waals surface area contributed by atoms with Crippen LogP contribution < -0.4 is 0 Å². The molecule has 0 fully saturated rings. The third-order valence-electron chi connectivity index (χ3n) is 3.29. The molecule has 0 spiro atoms. The molecule has 2 aromatic heterocycles. The predicted molar refractivity (Wildman–Crippen MR) is 94.4 cm³/mol. The minimum Gasteiger partial charge on any atom is -0.288 e. The molecule has 3 rings (SSSR count). The molecule has 0 saturated carbocycles. The first kappa shape index (κ1) is 17.9. The number of ketones is 1. The van der Waals surface area contributed by atoms with Crippen molar-refractivity contribution in [3.05, 3.63) is 69.2 Å². The molecule has 0 unspecified atom stereocenters. The molecule has 1 aromatic carbocycles. The summed E-state index contributed by atoms with van der Waals surface area (Å²) in [5, 5.41) is 0.802. The van der Waals surface area contributed by atoms with Gasteiger partial charge in [0.05, 0.1) is 10.5 Å². The molecule has 128 valence electrons. The average Bonchev–Trinajstić information content (AvgIpc) is 2.94. The van der Waals surface area contributed by atoms with Crippen LogP contribution in [0.5, 0.6) is 0 Å². The second kappa shape index (κ2) is 6.78. The van der Waals surface area contributed by atoms with Crippen LogP contribution in [0.25, 0.3) is 15.8 Å². The molecule has 0 N–H and O–H groups in total. The number of aromatic nitrogens is 1. The van der Waals surface area contributed by atoms with Crippen LogP contribution in [0.15, 0.2) is 48.7 Å². The molecule has 3 aromatic rings. The standard InChI is InChI=1S/C17H8Cl2F3NOS/c18-11-4-10(5-12(19)7-11)13(17(20,21)22)8-14(24)15-6-9-2-1-3-23-16(9)25-15/h1-8H/b13-8+. The van der Waals surface area contributed by atoms with E-state index in [0.29, 0.717) is 16.3 Å². The fourth-order valence-corrected chi connectivity index (χ4v) is 3.67. The van der Waals surface area contributed by atoms with E-state index in [9.17, 15) is 18.0 Å². The maximum atomic E-state index is 13.4. The number of thiophene rings is 1. The van der Waals surface area contributed by atoms with Gasteiger partial charge in [-0.15, -0.1) is 11.3 Å². The Labute approximate surface area is 154 Å². The Balaban J connectivity index is 2.07. The summed E-state index contributed by atoms with van der Waals surface area (Å²) in [7, 11) is 0. The van der Waals surface area contributed by atoms with Gasteiger partial charge in [-0.1, -0.05) is 29.3 Å². The Morgan fingerprint density at radius 3 is 2.40 bits per heavy atom. The zero-order valence-electron chi connectivity index (χ0n) is 12.3. The molecule has 0 bridgehead atoms. The number of nitrogens with zero attached hydrogens (tertiary/aromatic N) is 1. The maximum absolute atomic E-state index is 13.4. The molecular formula is C17H8Cl2F3NOS. The lowest BCUT2D eigenvalue weighted by molar-refractivity contribution is -0.0689. The number of hydrogen-bond acceptors (Lipinski definition) is 3. The van der Waals surface area contributed by atoms with Gasteiger partial charge in [-0.05, 0) is 42.0 Å². The number of pyridine rings is 1. The van der Waals surface area contributed by atoms with Gasteiger partial charge in [0.2, 0.25) is 0 Å². The van der Waals surface area contributed by atoms with Crippen LogP contribution in [-0.4, -0.2) is 16.9 Å². The van der Waals surface area contributed by atoms with E-state index in [-0.39, 0.29) is 20.5 Å². The number of hydrogen-bond donors (Lipinski definition) is 0. The highest BCUT2D eigenvalue weighted by Gasteiger charge is 2.35. The third kappa shape index (κ3) is 4.03. The highest BCUT2D eigenvalue weighted by Crippen LogP contribution is 2.37. The van der Waals surface area contributed by atoms with Gasteiger partial charge in [0.15, 0.2) is 5.78 Å². The van der Waals surface area contributed by atoms with Crippen LogP contribution in [0.3, 0.4) is 0 Å². The Morgan fingerprint density at radius 1 is 1.12 bits per heavy atom. The molecule has 0 atom stereocenters. The van der Waals surface area contributed by atoms with E-state index in [0.717, 1.165) is 23.5 Å². The molecule has 8 heteroatoms. The first-order valence-electron chi connectivity index (χ1n) is 6.88. The summed E-state index contributed by atoms with van der Waals surface area (Å²) >= 11 is 12.6. The lowest BCUT2D eigenvalue weighted by atomic mass is 10.0.